The van der Waals surface area contributed by atoms with E-state index in [1.54, 1.807) is 11.0 Å². The van der Waals surface area contributed by atoms with Crippen molar-refractivity contribution in [2.24, 2.45) is 0 Å². The summed E-state index contributed by atoms with van der Waals surface area (Å²) in [7, 11) is 0. The third-order valence-electron chi connectivity index (χ3n) is 4.43. The van der Waals surface area contributed by atoms with Gasteiger partial charge < -0.3 is 10.2 Å². The van der Waals surface area contributed by atoms with Gasteiger partial charge in [0.05, 0.1) is 0 Å². The van der Waals surface area contributed by atoms with E-state index in [0.717, 1.165) is 18.4 Å². The molecular formula is C20H21FN2O2. The van der Waals surface area contributed by atoms with Crippen LogP contribution in [0.25, 0.3) is 0 Å². The zero-order valence-corrected chi connectivity index (χ0v) is 14.0. The van der Waals surface area contributed by atoms with Crippen LogP contribution in [0, 0.1) is 5.82 Å². The topological polar surface area (TPSA) is 49.4 Å². The standard InChI is InChI=1S/C20H21FN2O2/c21-17-8-4-7-16(13-17)20(25)22-18-11-12-23(14-18)19(24)10-9-15-5-2-1-3-6-15/h1-8,13,18H,9-12,14H2,(H,22,25)/t18-/m1/s1. The first-order valence-electron chi connectivity index (χ1n) is 8.50. The van der Waals surface area contributed by atoms with Crippen molar-refractivity contribution in [3.05, 3.63) is 71.5 Å². The average Bonchev–Trinajstić information content (AvgIpc) is 3.09. The third kappa shape index (κ3) is 4.66. The largest absolute Gasteiger partial charge is 0.347 e. The molecule has 1 aliphatic heterocycles. The quantitative estimate of drug-likeness (QED) is 0.910. The molecule has 1 N–H and O–H groups in total. The van der Waals surface area contributed by atoms with Crippen molar-refractivity contribution in [2.75, 3.05) is 13.1 Å². The van der Waals surface area contributed by atoms with E-state index in [1.807, 2.05) is 30.3 Å². The Balaban J connectivity index is 1.48. The van der Waals surface area contributed by atoms with Gasteiger partial charge >= 0.3 is 0 Å². The molecule has 1 fully saturated rings. The predicted molar refractivity (Wildman–Crippen MR) is 93.6 cm³/mol. The van der Waals surface area contributed by atoms with Gasteiger partial charge in [-0.15, -0.1) is 0 Å². The van der Waals surface area contributed by atoms with Crippen LogP contribution < -0.4 is 5.32 Å². The zero-order chi connectivity index (χ0) is 17.6. The number of benzene rings is 2. The number of aryl methyl sites for hydroxylation is 1. The van der Waals surface area contributed by atoms with Crippen LogP contribution in [-0.4, -0.2) is 35.8 Å². The Kier molecular flexibility index (Phi) is 5.43. The molecule has 0 unspecified atom stereocenters. The lowest BCUT2D eigenvalue weighted by atomic mass is 10.1. The number of rotatable bonds is 5. The first-order valence-corrected chi connectivity index (χ1v) is 8.50. The second-order valence-electron chi connectivity index (χ2n) is 6.29. The Hall–Kier alpha value is -2.69. The van der Waals surface area contributed by atoms with Crippen LogP contribution in [-0.2, 0) is 11.2 Å². The van der Waals surface area contributed by atoms with Crippen molar-refractivity contribution in [3.63, 3.8) is 0 Å². The van der Waals surface area contributed by atoms with Gasteiger partial charge in [0.25, 0.3) is 5.91 Å². The van der Waals surface area contributed by atoms with Gasteiger partial charge in [-0.25, -0.2) is 4.39 Å². The van der Waals surface area contributed by atoms with Crippen molar-refractivity contribution in [1.82, 2.24) is 10.2 Å². The van der Waals surface area contributed by atoms with Gasteiger partial charge in [-0.05, 0) is 36.6 Å². The highest BCUT2D eigenvalue weighted by Crippen LogP contribution is 2.13. The molecule has 1 saturated heterocycles. The molecule has 2 aromatic carbocycles. The Labute approximate surface area is 146 Å². The summed E-state index contributed by atoms with van der Waals surface area (Å²) in [6.45, 7) is 1.15. The molecule has 0 aliphatic carbocycles. The molecule has 2 amide bonds. The molecular weight excluding hydrogens is 319 g/mol. The molecule has 1 heterocycles. The number of amides is 2. The van der Waals surface area contributed by atoms with Gasteiger partial charge in [0.1, 0.15) is 5.82 Å². The first-order chi connectivity index (χ1) is 12.1. The van der Waals surface area contributed by atoms with Gasteiger partial charge in [0.15, 0.2) is 0 Å². The number of hydrogen-bond acceptors (Lipinski definition) is 2. The second-order valence-corrected chi connectivity index (χ2v) is 6.29. The number of carbonyl (C=O) groups excluding carboxylic acids is 2. The van der Waals surface area contributed by atoms with E-state index in [4.69, 9.17) is 0 Å². The fourth-order valence-electron chi connectivity index (χ4n) is 3.06. The lowest BCUT2D eigenvalue weighted by molar-refractivity contribution is -0.130. The smallest absolute Gasteiger partial charge is 0.251 e. The summed E-state index contributed by atoms with van der Waals surface area (Å²) in [6, 6.07) is 15.4. The SMILES string of the molecule is O=C(N[C@@H]1CCN(C(=O)CCc2ccccc2)C1)c1cccc(F)c1. The van der Waals surface area contributed by atoms with Crippen molar-refractivity contribution < 1.29 is 14.0 Å². The Bertz CT molecular complexity index is 748. The second kappa shape index (κ2) is 7.92. The number of nitrogens with one attached hydrogen (secondary N) is 1. The fourth-order valence-corrected chi connectivity index (χ4v) is 3.06. The highest BCUT2D eigenvalue weighted by Gasteiger charge is 2.27. The lowest BCUT2D eigenvalue weighted by Crippen LogP contribution is -2.38. The van der Waals surface area contributed by atoms with Crippen LogP contribution >= 0.6 is 0 Å². The van der Waals surface area contributed by atoms with Crippen LogP contribution in [0.4, 0.5) is 4.39 Å². The van der Waals surface area contributed by atoms with Gasteiger partial charge in [-0.3, -0.25) is 9.59 Å². The molecule has 0 spiro atoms. The van der Waals surface area contributed by atoms with Crippen LogP contribution in [0.3, 0.4) is 0 Å². The third-order valence-corrected chi connectivity index (χ3v) is 4.43. The van der Waals surface area contributed by atoms with E-state index in [9.17, 15) is 14.0 Å². The van der Waals surface area contributed by atoms with Crippen molar-refractivity contribution >= 4 is 11.8 Å². The molecule has 5 heteroatoms. The number of halogens is 1. The summed E-state index contributed by atoms with van der Waals surface area (Å²) in [4.78, 5) is 26.3. The van der Waals surface area contributed by atoms with Crippen molar-refractivity contribution in [3.8, 4) is 0 Å². The molecule has 4 nitrogen and oxygen atoms in total. The number of carbonyl (C=O) groups is 2. The Morgan fingerprint density at radius 3 is 2.68 bits per heavy atom. The minimum Gasteiger partial charge on any atom is -0.347 e. The molecule has 130 valence electrons. The molecule has 1 atom stereocenters. The minimum absolute atomic E-state index is 0.0866. The van der Waals surface area contributed by atoms with Crippen molar-refractivity contribution in [2.45, 2.75) is 25.3 Å². The summed E-state index contributed by atoms with van der Waals surface area (Å²) in [6.07, 6.45) is 1.91. The summed E-state index contributed by atoms with van der Waals surface area (Å²) in [5.41, 5.74) is 1.44. The van der Waals surface area contributed by atoms with Gasteiger partial charge in [-0.1, -0.05) is 36.4 Å². The maximum atomic E-state index is 13.2. The summed E-state index contributed by atoms with van der Waals surface area (Å²) in [5.74, 6) is -0.633. The normalized spacial score (nSPS) is 16.7. The van der Waals surface area contributed by atoms with Crippen LogP contribution in [0.2, 0.25) is 0 Å². The molecule has 2 aromatic rings. The molecule has 0 aromatic heterocycles. The van der Waals surface area contributed by atoms with E-state index in [1.165, 1.54) is 18.2 Å². The van der Waals surface area contributed by atoms with E-state index < -0.39 is 5.82 Å². The number of hydrogen-bond donors (Lipinski definition) is 1. The van der Waals surface area contributed by atoms with Crippen LogP contribution in [0.1, 0.15) is 28.8 Å². The van der Waals surface area contributed by atoms with Crippen molar-refractivity contribution in [1.29, 1.82) is 0 Å². The van der Waals surface area contributed by atoms with E-state index >= 15 is 0 Å². The van der Waals surface area contributed by atoms with Gasteiger partial charge in [0.2, 0.25) is 5.91 Å². The summed E-state index contributed by atoms with van der Waals surface area (Å²) >= 11 is 0. The average molecular weight is 340 g/mol. The highest BCUT2D eigenvalue weighted by molar-refractivity contribution is 5.94. The van der Waals surface area contributed by atoms with Gasteiger partial charge in [-0.2, -0.15) is 0 Å². The molecule has 1 aliphatic rings. The van der Waals surface area contributed by atoms with Crippen LogP contribution in [0.5, 0.6) is 0 Å². The highest BCUT2D eigenvalue weighted by atomic mass is 19.1. The molecule has 25 heavy (non-hydrogen) atoms. The lowest BCUT2D eigenvalue weighted by Gasteiger charge is -2.17. The molecule has 3 rings (SSSR count). The maximum absolute atomic E-state index is 13.2. The number of likely N-dealkylation sites (tertiary alicyclic amines) is 1. The fraction of sp³-hybridized carbons (Fsp3) is 0.300. The predicted octanol–water partition coefficient (Wildman–Crippen LogP) is 2.79. The molecule has 0 bridgehead atoms. The van der Waals surface area contributed by atoms with E-state index in [0.29, 0.717) is 25.1 Å². The van der Waals surface area contributed by atoms with Gasteiger partial charge in [0, 0.05) is 31.1 Å². The molecule has 0 radical (unpaired) electrons. The van der Waals surface area contributed by atoms with E-state index in [-0.39, 0.29) is 17.9 Å². The maximum Gasteiger partial charge on any atom is 0.251 e. The van der Waals surface area contributed by atoms with Crippen LogP contribution in [0.15, 0.2) is 54.6 Å². The number of nitrogens with zero attached hydrogens (tertiary/aromatic N) is 1. The summed E-state index contributed by atoms with van der Waals surface area (Å²) in [5, 5.41) is 2.88. The Morgan fingerprint density at radius 1 is 1.12 bits per heavy atom. The summed E-state index contributed by atoms with van der Waals surface area (Å²) < 4.78 is 13.2. The minimum atomic E-state index is -0.434. The van der Waals surface area contributed by atoms with E-state index in [2.05, 4.69) is 5.32 Å². The zero-order valence-electron chi connectivity index (χ0n) is 14.0. The Morgan fingerprint density at radius 2 is 1.92 bits per heavy atom. The monoisotopic (exact) mass is 340 g/mol. The first kappa shape index (κ1) is 17.1. The molecule has 0 saturated carbocycles.